The van der Waals surface area contributed by atoms with Gasteiger partial charge >= 0.3 is 0 Å². The molecule has 1 aliphatic rings. The third-order valence-electron chi connectivity index (χ3n) is 7.09. The Balaban J connectivity index is 1.29. The minimum atomic E-state index is 0.334. The zero-order valence-corrected chi connectivity index (χ0v) is 23.3. The third-order valence-corrected chi connectivity index (χ3v) is 7.09. The van der Waals surface area contributed by atoms with Gasteiger partial charge in [-0.2, -0.15) is 10.2 Å². The van der Waals surface area contributed by atoms with E-state index in [-0.39, 0.29) is 0 Å². The summed E-state index contributed by atoms with van der Waals surface area (Å²) < 4.78 is 7.84. The third kappa shape index (κ3) is 7.11. The molecule has 0 aliphatic carbocycles. The lowest BCUT2D eigenvalue weighted by Gasteiger charge is -2.41. The molecular formula is C29H40N8O. The molecule has 1 saturated heterocycles. The van der Waals surface area contributed by atoms with Gasteiger partial charge < -0.3 is 10.1 Å². The highest BCUT2D eigenvalue weighted by molar-refractivity contribution is 6.09. The Morgan fingerprint density at radius 3 is 2.71 bits per heavy atom. The van der Waals surface area contributed by atoms with E-state index >= 15 is 0 Å². The summed E-state index contributed by atoms with van der Waals surface area (Å²) >= 11 is 0. The fourth-order valence-electron chi connectivity index (χ4n) is 4.50. The molecule has 0 spiro atoms. The second-order valence-corrected chi connectivity index (χ2v) is 10.1. The van der Waals surface area contributed by atoms with Gasteiger partial charge in [0.2, 0.25) is 0 Å². The molecule has 1 aliphatic heterocycles. The molecule has 0 atom stereocenters. The van der Waals surface area contributed by atoms with Gasteiger partial charge in [-0.3, -0.25) is 14.6 Å². The molecule has 1 fully saturated rings. The van der Waals surface area contributed by atoms with Crippen molar-refractivity contribution in [2.75, 3.05) is 25.0 Å². The van der Waals surface area contributed by atoms with Crippen LogP contribution >= 0.6 is 0 Å². The van der Waals surface area contributed by atoms with Crippen molar-refractivity contribution in [3.05, 3.63) is 60.2 Å². The van der Waals surface area contributed by atoms with Crippen molar-refractivity contribution in [3.8, 4) is 0 Å². The van der Waals surface area contributed by atoms with Crippen molar-refractivity contribution < 1.29 is 4.74 Å². The SMILES string of the molecule is C=C(/C=N\c1ccc(Nc2cc(C(CC)CC)cnn2)nc1C)c1cnn(CCOC2CN(C(C)C)C2)c1. The molecule has 4 rings (SSSR count). The number of aromatic nitrogens is 5. The van der Waals surface area contributed by atoms with Crippen LogP contribution in [0.3, 0.4) is 0 Å². The predicted octanol–water partition coefficient (Wildman–Crippen LogP) is 5.55. The van der Waals surface area contributed by atoms with Crippen molar-refractivity contribution >= 4 is 29.1 Å². The second-order valence-electron chi connectivity index (χ2n) is 10.1. The lowest BCUT2D eigenvalue weighted by atomic mass is 9.96. The maximum atomic E-state index is 5.95. The number of rotatable bonds is 13. The van der Waals surface area contributed by atoms with Gasteiger partial charge in [0.15, 0.2) is 5.82 Å². The van der Waals surface area contributed by atoms with Crippen LogP contribution in [0.4, 0.5) is 17.3 Å². The number of aryl methyl sites for hydroxylation is 1. The number of nitrogens with zero attached hydrogens (tertiary/aromatic N) is 7. The molecule has 0 bridgehead atoms. The molecule has 0 aromatic carbocycles. The molecule has 1 N–H and O–H groups in total. The van der Waals surface area contributed by atoms with Gasteiger partial charge in [0.1, 0.15) is 5.82 Å². The summed E-state index contributed by atoms with van der Waals surface area (Å²) in [5.74, 6) is 1.88. The molecule has 4 heterocycles. The summed E-state index contributed by atoms with van der Waals surface area (Å²) in [7, 11) is 0. The highest BCUT2D eigenvalue weighted by Gasteiger charge is 2.28. The highest BCUT2D eigenvalue weighted by atomic mass is 16.5. The summed E-state index contributed by atoms with van der Waals surface area (Å²) in [6.45, 7) is 18.3. The van der Waals surface area contributed by atoms with E-state index in [2.05, 4.69) is 75.8 Å². The van der Waals surface area contributed by atoms with Crippen molar-refractivity contribution in [2.24, 2.45) is 4.99 Å². The summed E-state index contributed by atoms with van der Waals surface area (Å²) in [5, 5.41) is 16.1. The van der Waals surface area contributed by atoms with E-state index < -0.39 is 0 Å². The standard InChI is InChI=1S/C29H40N8O/c1-7-23(8-2)24-13-29(35-31-15-24)34-28-10-9-27(22(6)33-28)30-14-21(5)25-16-32-37(17-25)11-12-38-26-18-36(19-26)20(3)4/h9-10,13-17,20,23,26H,5,7-8,11-12,18-19H2,1-4,6H3,(H,33,34,35)/b30-14-. The summed E-state index contributed by atoms with van der Waals surface area (Å²) in [6.07, 6.45) is 9.88. The van der Waals surface area contributed by atoms with E-state index in [0.29, 0.717) is 42.9 Å². The number of hydrogen-bond acceptors (Lipinski definition) is 8. The Kier molecular flexibility index (Phi) is 9.36. The predicted molar refractivity (Wildman–Crippen MR) is 153 cm³/mol. The van der Waals surface area contributed by atoms with Crippen molar-refractivity contribution in [2.45, 2.75) is 72.1 Å². The highest BCUT2D eigenvalue weighted by Crippen LogP contribution is 2.25. The van der Waals surface area contributed by atoms with Crippen LogP contribution in [0, 0.1) is 6.92 Å². The maximum absolute atomic E-state index is 5.95. The Bertz CT molecular complexity index is 1240. The van der Waals surface area contributed by atoms with Crippen molar-refractivity contribution in [1.29, 1.82) is 0 Å². The first kappa shape index (κ1) is 27.6. The lowest BCUT2D eigenvalue weighted by Crippen LogP contribution is -2.55. The lowest BCUT2D eigenvalue weighted by molar-refractivity contribution is -0.0688. The van der Waals surface area contributed by atoms with E-state index in [1.54, 1.807) is 6.21 Å². The quantitative estimate of drug-likeness (QED) is 0.298. The first-order valence-electron chi connectivity index (χ1n) is 13.5. The fourth-order valence-corrected chi connectivity index (χ4v) is 4.50. The average Bonchev–Trinajstić information content (AvgIpc) is 3.34. The number of likely N-dealkylation sites (tertiary alicyclic amines) is 1. The smallest absolute Gasteiger partial charge is 0.154 e. The molecule has 3 aromatic rings. The largest absolute Gasteiger partial charge is 0.374 e. The van der Waals surface area contributed by atoms with Crippen LogP contribution in [0.25, 0.3) is 5.57 Å². The minimum Gasteiger partial charge on any atom is -0.374 e. The number of allylic oxidation sites excluding steroid dienone is 1. The molecule has 0 amide bonds. The first-order chi connectivity index (χ1) is 18.4. The Hall–Kier alpha value is -3.43. The van der Waals surface area contributed by atoms with Gasteiger partial charge in [-0.15, -0.1) is 5.10 Å². The molecular weight excluding hydrogens is 476 g/mol. The molecule has 9 heteroatoms. The van der Waals surface area contributed by atoms with Gasteiger partial charge in [0, 0.05) is 37.1 Å². The molecule has 0 saturated carbocycles. The number of aliphatic imine (C=N–C) groups is 1. The fraction of sp³-hybridized carbons (Fsp3) is 0.483. The molecule has 0 radical (unpaired) electrons. The van der Waals surface area contributed by atoms with E-state index in [0.717, 1.165) is 48.4 Å². The molecule has 3 aromatic heterocycles. The van der Waals surface area contributed by atoms with Crippen LogP contribution in [0.5, 0.6) is 0 Å². The van der Waals surface area contributed by atoms with Crippen LogP contribution in [-0.2, 0) is 11.3 Å². The number of pyridine rings is 1. The van der Waals surface area contributed by atoms with Crippen molar-refractivity contribution in [1.82, 2.24) is 29.9 Å². The molecule has 38 heavy (non-hydrogen) atoms. The zero-order valence-electron chi connectivity index (χ0n) is 23.3. The summed E-state index contributed by atoms with van der Waals surface area (Å²) in [6, 6.07) is 6.47. The molecule has 0 unspecified atom stereocenters. The van der Waals surface area contributed by atoms with Gasteiger partial charge in [-0.05, 0) is 68.9 Å². The van der Waals surface area contributed by atoms with Crippen LogP contribution in [0.1, 0.15) is 63.3 Å². The average molecular weight is 517 g/mol. The van der Waals surface area contributed by atoms with Crippen LogP contribution in [0.15, 0.2) is 48.4 Å². The maximum Gasteiger partial charge on any atom is 0.154 e. The normalized spacial score (nSPS) is 14.5. The number of hydrogen-bond donors (Lipinski definition) is 1. The first-order valence-corrected chi connectivity index (χ1v) is 13.5. The summed E-state index contributed by atoms with van der Waals surface area (Å²) in [4.78, 5) is 11.7. The number of anilines is 2. The Labute approximate surface area is 226 Å². The van der Waals surface area contributed by atoms with Crippen LogP contribution in [-0.4, -0.2) is 67.9 Å². The minimum absolute atomic E-state index is 0.334. The second kappa shape index (κ2) is 12.9. The van der Waals surface area contributed by atoms with Gasteiger partial charge in [0.05, 0.1) is 43.0 Å². The number of nitrogens with one attached hydrogen (secondary N) is 1. The van der Waals surface area contributed by atoms with Crippen LogP contribution < -0.4 is 5.32 Å². The number of ether oxygens (including phenoxy) is 1. The Morgan fingerprint density at radius 1 is 1.21 bits per heavy atom. The van der Waals surface area contributed by atoms with E-state index in [9.17, 15) is 0 Å². The van der Waals surface area contributed by atoms with Gasteiger partial charge in [-0.1, -0.05) is 20.4 Å². The van der Waals surface area contributed by atoms with E-state index in [1.165, 1.54) is 5.56 Å². The van der Waals surface area contributed by atoms with Crippen molar-refractivity contribution in [3.63, 3.8) is 0 Å². The topological polar surface area (TPSA) is 93.3 Å². The monoisotopic (exact) mass is 516 g/mol. The van der Waals surface area contributed by atoms with Crippen LogP contribution in [0.2, 0.25) is 0 Å². The molecule has 9 nitrogen and oxygen atoms in total. The molecule has 202 valence electrons. The van der Waals surface area contributed by atoms with Gasteiger partial charge in [0.25, 0.3) is 0 Å². The van der Waals surface area contributed by atoms with Gasteiger partial charge in [-0.25, -0.2) is 4.98 Å². The summed E-state index contributed by atoms with van der Waals surface area (Å²) in [5.41, 5.74) is 4.51. The van der Waals surface area contributed by atoms with E-state index in [4.69, 9.17) is 4.74 Å². The zero-order chi connectivity index (χ0) is 27.1. The Morgan fingerprint density at radius 2 is 2.00 bits per heavy atom. The van der Waals surface area contributed by atoms with E-state index in [1.807, 2.05) is 42.3 Å².